The number of aromatic nitrogens is 2. The van der Waals surface area contributed by atoms with Gasteiger partial charge in [-0.3, -0.25) is 0 Å². The van der Waals surface area contributed by atoms with E-state index in [4.69, 9.17) is 0 Å². The molecule has 1 aromatic heterocycles. The minimum Gasteiger partial charge on any atom is -1.00 e. The smallest absolute Gasteiger partial charge is 0.243 e. The zero-order valence-corrected chi connectivity index (χ0v) is 7.69. The monoisotopic (exact) mass is 212 g/mol. The van der Waals surface area contributed by atoms with Gasteiger partial charge in [-0.2, -0.15) is 0 Å². The Kier molecular flexibility index (Phi) is 13.3. The summed E-state index contributed by atoms with van der Waals surface area (Å²) < 4.78 is 4.16. The fourth-order valence-corrected chi connectivity index (χ4v) is 0.689. The molecule has 0 fully saturated rings. The molecule has 0 atom stereocenters. The number of halogens is 2. The third-order valence-corrected chi connectivity index (χ3v) is 1.19. The second-order valence-corrected chi connectivity index (χ2v) is 1.91. The van der Waals surface area contributed by atoms with Gasteiger partial charge in [-0.1, -0.05) is 0 Å². The summed E-state index contributed by atoms with van der Waals surface area (Å²) in [5, 5.41) is 0. The van der Waals surface area contributed by atoms with Crippen molar-refractivity contribution in [1.29, 1.82) is 0 Å². The molecule has 1 heterocycles. The van der Waals surface area contributed by atoms with Crippen molar-refractivity contribution in [3.8, 4) is 0 Å². The molecule has 0 saturated heterocycles. The average molecular weight is 213 g/mol. The van der Waals surface area contributed by atoms with E-state index < -0.39 is 0 Å². The minimum absolute atomic E-state index is 0. The molecule has 0 aliphatic heterocycles. The molecule has 1 aromatic rings. The fraction of sp³-hybridized carbons (Fsp3) is 0.500. The van der Waals surface area contributed by atoms with E-state index in [1.165, 1.54) is 0 Å². The SMILES string of the molecule is CCn1cc[n+](C)c1.Cl.[AlH3].[Cl-]. The van der Waals surface area contributed by atoms with Gasteiger partial charge in [0.25, 0.3) is 0 Å². The Labute approximate surface area is 90.6 Å². The van der Waals surface area contributed by atoms with Gasteiger partial charge in [-0.25, -0.2) is 9.13 Å². The Balaban J connectivity index is -0.000000213. The van der Waals surface area contributed by atoms with Crippen molar-refractivity contribution in [3.63, 3.8) is 0 Å². The standard InChI is InChI=1S/C6H11N2.Al.2ClH.3H/c1-3-8-5-4-7(2)6-8;;;;;;/h4-6H,3H2,1-2H3;;2*1H;;;/q+1;;;;;;/p-1. The van der Waals surface area contributed by atoms with Crippen LogP contribution in [0.3, 0.4) is 0 Å². The van der Waals surface area contributed by atoms with E-state index in [0.717, 1.165) is 6.54 Å². The molecule has 1 rings (SSSR count). The van der Waals surface area contributed by atoms with Gasteiger partial charge < -0.3 is 12.4 Å². The second kappa shape index (κ2) is 8.42. The molecule has 0 bridgehead atoms. The van der Waals surface area contributed by atoms with Crippen molar-refractivity contribution in [2.45, 2.75) is 13.5 Å². The fourth-order valence-electron chi connectivity index (χ4n) is 0.689. The average Bonchev–Trinajstić information content (AvgIpc) is 2.14. The maximum Gasteiger partial charge on any atom is 0.243 e. The lowest BCUT2D eigenvalue weighted by molar-refractivity contribution is -0.671. The summed E-state index contributed by atoms with van der Waals surface area (Å²) in [5.74, 6) is 0. The van der Waals surface area contributed by atoms with Crippen LogP contribution in [0.25, 0.3) is 0 Å². The lowest BCUT2D eigenvalue weighted by atomic mass is 10.7. The van der Waals surface area contributed by atoms with E-state index in [2.05, 4.69) is 24.0 Å². The van der Waals surface area contributed by atoms with Crippen LogP contribution in [0, 0.1) is 0 Å². The quantitative estimate of drug-likeness (QED) is 0.339. The Bertz CT molecular complexity index is 179. The maximum absolute atomic E-state index is 2.12. The van der Waals surface area contributed by atoms with E-state index in [-0.39, 0.29) is 42.2 Å². The summed E-state index contributed by atoms with van der Waals surface area (Å²) in [5.41, 5.74) is 0. The molecule has 0 N–H and O–H groups in total. The zero-order chi connectivity index (χ0) is 5.98. The van der Waals surface area contributed by atoms with Crippen molar-refractivity contribution < 1.29 is 17.0 Å². The predicted molar refractivity (Wildman–Crippen MR) is 48.5 cm³/mol. The van der Waals surface area contributed by atoms with Crippen molar-refractivity contribution in [2.24, 2.45) is 7.05 Å². The number of hydrogen-bond acceptors (Lipinski definition) is 0. The van der Waals surface area contributed by atoms with Crippen LogP contribution in [0.4, 0.5) is 0 Å². The summed E-state index contributed by atoms with van der Waals surface area (Å²) in [4.78, 5) is 0. The minimum atomic E-state index is 0. The summed E-state index contributed by atoms with van der Waals surface area (Å²) >= 11 is 0. The lowest BCUT2D eigenvalue weighted by Gasteiger charge is -1.81. The lowest BCUT2D eigenvalue weighted by Crippen LogP contribution is -3.00. The van der Waals surface area contributed by atoms with Gasteiger partial charge in [0.15, 0.2) is 17.4 Å². The molecule has 0 amide bonds. The number of nitrogens with zero attached hydrogens (tertiary/aromatic N) is 2. The van der Waals surface area contributed by atoms with Crippen LogP contribution in [0.1, 0.15) is 6.92 Å². The van der Waals surface area contributed by atoms with Crippen LogP contribution in [0.15, 0.2) is 18.7 Å². The van der Waals surface area contributed by atoms with E-state index in [1.807, 2.05) is 17.8 Å². The van der Waals surface area contributed by atoms with Crippen LogP contribution in [-0.2, 0) is 13.6 Å². The highest BCUT2D eigenvalue weighted by Crippen LogP contribution is 1.79. The first-order valence-electron chi connectivity index (χ1n) is 2.84. The normalized spacial score (nSPS) is 7.09. The van der Waals surface area contributed by atoms with Gasteiger partial charge in [-0.15, -0.1) is 12.4 Å². The highest BCUT2D eigenvalue weighted by molar-refractivity contribution is 5.85. The van der Waals surface area contributed by atoms with Crippen LogP contribution in [0.2, 0.25) is 0 Å². The Morgan fingerprint density at radius 1 is 1.45 bits per heavy atom. The molecule has 5 heteroatoms. The molecular weight excluding hydrogens is 198 g/mol. The molecule has 66 valence electrons. The van der Waals surface area contributed by atoms with Crippen LogP contribution < -0.4 is 17.0 Å². The van der Waals surface area contributed by atoms with Crippen molar-refractivity contribution in [2.75, 3.05) is 0 Å². The Morgan fingerprint density at radius 3 is 2.18 bits per heavy atom. The maximum atomic E-state index is 2.12. The predicted octanol–water partition coefficient (Wildman–Crippen LogP) is -3.43. The Morgan fingerprint density at radius 2 is 2.00 bits per heavy atom. The largest absolute Gasteiger partial charge is 1.00 e. The van der Waals surface area contributed by atoms with E-state index in [0.29, 0.717) is 0 Å². The van der Waals surface area contributed by atoms with Gasteiger partial charge in [-0.05, 0) is 6.92 Å². The topological polar surface area (TPSA) is 8.81 Å². The van der Waals surface area contributed by atoms with Crippen molar-refractivity contribution >= 4 is 29.8 Å². The molecule has 0 unspecified atom stereocenters. The van der Waals surface area contributed by atoms with E-state index in [9.17, 15) is 0 Å². The third kappa shape index (κ3) is 5.58. The van der Waals surface area contributed by atoms with Gasteiger partial charge in [0, 0.05) is 0 Å². The third-order valence-electron chi connectivity index (χ3n) is 1.19. The molecule has 0 aliphatic carbocycles. The molecule has 0 aromatic carbocycles. The first-order chi connectivity index (χ1) is 3.83. The molecule has 0 saturated carbocycles. The van der Waals surface area contributed by atoms with Crippen LogP contribution in [-0.4, -0.2) is 21.9 Å². The number of aryl methyl sites for hydroxylation is 2. The van der Waals surface area contributed by atoms with Crippen LogP contribution in [0.5, 0.6) is 0 Å². The van der Waals surface area contributed by atoms with Gasteiger partial charge in [0.1, 0.15) is 12.4 Å². The summed E-state index contributed by atoms with van der Waals surface area (Å²) in [6.45, 7) is 3.18. The van der Waals surface area contributed by atoms with E-state index in [1.54, 1.807) is 0 Å². The first-order valence-corrected chi connectivity index (χ1v) is 2.84. The summed E-state index contributed by atoms with van der Waals surface area (Å²) in [7, 11) is 2.02. The first kappa shape index (κ1) is 17.4. The summed E-state index contributed by atoms with van der Waals surface area (Å²) in [6, 6.07) is 0. The molecule has 2 nitrogen and oxygen atoms in total. The van der Waals surface area contributed by atoms with Gasteiger partial charge >= 0.3 is 0 Å². The van der Waals surface area contributed by atoms with Crippen LogP contribution >= 0.6 is 12.4 Å². The molecular formula is C6H15AlCl2N2. The summed E-state index contributed by atoms with van der Waals surface area (Å²) in [6.07, 6.45) is 6.14. The van der Waals surface area contributed by atoms with Crippen molar-refractivity contribution in [3.05, 3.63) is 18.7 Å². The van der Waals surface area contributed by atoms with E-state index >= 15 is 0 Å². The highest BCUT2D eigenvalue weighted by atomic mass is 35.5. The van der Waals surface area contributed by atoms with Crippen molar-refractivity contribution in [1.82, 2.24) is 4.57 Å². The zero-order valence-electron chi connectivity index (χ0n) is 6.12. The number of hydrogen-bond donors (Lipinski definition) is 0. The molecule has 0 radical (unpaired) electrons. The molecule has 0 spiro atoms. The molecule has 0 aliphatic rings. The van der Waals surface area contributed by atoms with Gasteiger partial charge in [0.05, 0.1) is 13.6 Å². The number of rotatable bonds is 1. The highest BCUT2D eigenvalue weighted by Gasteiger charge is 1.92. The second-order valence-electron chi connectivity index (χ2n) is 1.91. The van der Waals surface area contributed by atoms with Gasteiger partial charge in [0.2, 0.25) is 6.33 Å². The number of imidazole rings is 1. The Hall–Kier alpha value is 0.322. The molecule has 11 heavy (non-hydrogen) atoms.